The molecule has 0 heterocycles. The van der Waals surface area contributed by atoms with Gasteiger partial charge in [0, 0.05) is 5.75 Å². The monoisotopic (exact) mass is 299 g/mol. The van der Waals surface area contributed by atoms with Crippen LogP contribution in [0.25, 0.3) is 0 Å². The van der Waals surface area contributed by atoms with Gasteiger partial charge in [0.15, 0.2) is 0 Å². The Balaban J connectivity index is 2.33. The predicted octanol–water partition coefficient (Wildman–Crippen LogP) is 1.14. The number of ether oxygens (including phenoxy) is 2. The van der Waals surface area contributed by atoms with Gasteiger partial charge in [0.2, 0.25) is 0 Å². The molecule has 0 aromatic heterocycles. The summed E-state index contributed by atoms with van der Waals surface area (Å²) in [7, 11) is 0. The van der Waals surface area contributed by atoms with Crippen LogP contribution in [0.15, 0.2) is 24.3 Å². The normalized spacial score (nSPS) is 11.7. The molecule has 0 saturated carbocycles. The Morgan fingerprint density at radius 2 is 1.90 bits per heavy atom. The van der Waals surface area contributed by atoms with Gasteiger partial charge in [-0.3, -0.25) is 9.59 Å². The Labute approximate surface area is 121 Å². The van der Waals surface area contributed by atoms with Gasteiger partial charge in [-0.15, -0.1) is 11.8 Å². The van der Waals surface area contributed by atoms with Crippen molar-refractivity contribution in [3.05, 3.63) is 24.3 Å². The minimum Gasteiger partial charge on any atom is -0.494 e. The van der Waals surface area contributed by atoms with Crippen LogP contribution < -0.4 is 15.2 Å². The van der Waals surface area contributed by atoms with Gasteiger partial charge >= 0.3 is 11.9 Å². The Hall–Kier alpha value is -1.73. The lowest BCUT2D eigenvalue weighted by atomic mass is 10.3. The smallest absolute Gasteiger partial charge is 0.321 e. The molecule has 20 heavy (non-hydrogen) atoms. The van der Waals surface area contributed by atoms with Crippen molar-refractivity contribution in [3.8, 4) is 11.5 Å². The van der Waals surface area contributed by atoms with E-state index >= 15 is 0 Å². The highest BCUT2D eigenvalue weighted by molar-refractivity contribution is 8.00. The summed E-state index contributed by atoms with van der Waals surface area (Å²) in [5.41, 5.74) is 5.31. The number of carbonyl (C=O) groups excluding carboxylic acids is 1. The number of aliphatic carboxylic acids is 1. The van der Waals surface area contributed by atoms with Crippen molar-refractivity contribution in [1.82, 2.24) is 0 Å². The summed E-state index contributed by atoms with van der Waals surface area (Å²) in [4.78, 5) is 22.0. The Morgan fingerprint density at radius 1 is 1.30 bits per heavy atom. The Morgan fingerprint density at radius 3 is 2.45 bits per heavy atom. The van der Waals surface area contributed by atoms with Crippen LogP contribution in [0.3, 0.4) is 0 Å². The molecule has 0 aliphatic carbocycles. The van der Waals surface area contributed by atoms with Crippen molar-refractivity contribution in [2.75, 3.05) is 18.1 Å². The first kappa shape index (κ1) is 16.3. The summed E-state index contributed by atoms with van der Waals surface area (Å²) in [6.07, 6.45) is 0. The second kappa shape index (κ2) is 8.44. The summed E-state index contributed by atoms with van der Waals surface area (Å²) in [6, 6.07) is 5.71. The summed E-state index contributed by atoms with van der Waals surface area (Å²) in [5, 5.41) is 8.59. The molecule has 0 aliphatic rings. The second-order valence-electron chi connectivity index (χ2n) is 3.84. The largest absolute Gasteiger partial charge is 0.494 e. The Kier molecular flexibility index (Phi) is 6.89. The van der Waals surface area contributed by atoms with Gasteiger partial charge in [0.05, 0.1) is 12.4 Å². The molecule has 1 atom stereocenters. The number of hydrogen-bond acceptors (Lipinski definition) is 6. The van der Waals surface area contributed by atoms with E-state index in [4.69, 9.17) is 20.3 Å². The minimum absolute atomic E-state index is 0.0498. The Bertz CT molecular complexity index is 449. The molecular weight excluding hydrogens is 282 g/mol. The third kappa shape index (κ3) is 5.94. The number of benzene rings is 1. The van der Waals surface area contributed by atoms with E-state index in [0.717, 1.165) is 11.8 Å². The van der Waals surface area contributed by atoms with E-state index in [9.17, 15) is 9.59 Å². The molecule has 0 fully saturated rings. The van der Waals surface area contributed by atoms with Crippen molar-refractivity contribution in [2.24, 2.45) is 5.73 Å². The van der Waals surface area contributed by atoms with Crippen molar-refractivity contribution >= 4 is 23.7 Å². The first-order chi connectivity index (χ1) is 9.52. The zero-order valence-corrected chi connectivity index (χ0v) is 11.9. The van der Waals surface area contributed by atoms with E-state index in [0.29, 0.717) is 18.1 Å². The number of esters is 1. The summed E-state index contributed by atoms with van der Waals surface area (Å²) >= 11 is 1.12. The number of carboxylic acids is 1. The van der Waals surface area contributed by atoms with Crippen LogP contribution >= 0.6 is 11.8 Å². The molecule has 0 amide bonds. The number of carboxylic acid groups (broad SMARTS) is 1. The lowest BCUT2D eigenvalue weighted by Gasteiger charge is -2.07. The highest BCUT2D eigenvalue weighted by Gasteiger charge is 2.13. The van der Waals surface area contributed by atoms with E-state index in [-0.39, 0.29) is 11.5 Å². The van der Waals surface area contributed by atoms with Crippen LogP contribution in [0.1, 0.15) is 6.92 Å². The summed E-state index contributed by atoms with van der Waals surface area (Å²) < 4.78 is 10.4. The number of thioether (sulfide) groups is 1. The molecule has 0 spiro atoms. The van der Waals surface area contributed by atoms with Crippen molar-refractivity contribution in [3.63, 3.8) is 0 Å². The maximum atomic E-state index is 11.5. The third-order valence-electron chi connectivity index (χ3n) is 2.20. The fraction of sp³-hybridized carbons (Fsp3) is 0.385. The number of hydrogen-bond donors (Lipinski definition) is 2. The molecule has 0 bridgehead atoms. The maximum absolute atomic E-state index is 11.5. The lowest BCUT2D eigenvalue weighted by molar-refractivity contribution is -0.138. The van der Waals surface area contributed by atoms with Gasteiger partial charge in [0.25, 0.3) is 0 Å². The molecule has 110 valence electrons. The fourth-order valence-corrected chi connectivity index (χ4v) is 2.01. The molecular formula is C13H17NO5S. The van der Waals surface area contributed by atoms with E-state index < -0.39 is 18.0 Å². The van der Waals surface area contributed by atoms with Crippen LogP contribution in [-0.4, -0.2) is 41.2 Å². The molecule has 1 aromatic carbocycles. The molecule has 1 aromatic rings. The van der Waals surface area contributed by atoms with Crippen LogP contribution in [0.4, 0.5) is 0 Å². The van der Waals surface area contributed by atoms with Crippen molar-refractivity contribution in [1.29, 1.82) is 0 Å². The van der Waals surface area contributed by atoms with Crippen LogP contribution in [0.2, 0.25) is 0 Å². The van der Waals surface area contributed by atoms with Gasteiger partial charge in [-0.1, -0.05) is 0 Å². The second-order valence-corrected chi connectivity index (χ2v) is 4.87. The van der Waals surface area contributed by atoms with Gasteiger partial charge in [-0.25, -0.2) is 0 Å². The highest BCUT2D eigenvalue weighted by atomic mass is 32.2. The predicted molar refractivity (Wildman–Crippen MR) is 76.2 cm³/mol. The minimum atomic E-state index is -1.09. The first-order valence-electron chi connectivity index (χ1n) is 6.02. The maximum Gasteiger partial charge on any atom is 0.321 e. The van der Waals surface area contributed by atoms with Gasteiger partial charge in [-0.2, -0.15) is 0 Å². The van der Waals surface area contributed by atoms with E-state index in [1.165, 1.54) is 0 Å². The molecule has 6 nitrogen and oxygen atoms in total. The van der Waals surface area contributed by atoms with Crippen molar-refractivity contribution in [2.45, 2.75) is 13.0 Å². The molecule has 0 radical (unpaired) electrons. The standard InChI is InChI=1S/C13H17NO5S/c1-2-18-9-3-5-10(6-4-9)19-12(15)8-20-7-11(14)13(16)17/h3-6,11H,2,7-8,14H2,1H3,(H,16,17)/t11-/m1/s1. The molecule has 0 saturated heterocycles. The molecule has 0 unspecified atom stereocenters. The highest BCUT2D eigenvalue weighted by Crippen LogP contribution is 2.18. The summed E-state index contributed by atoms with van der Waals surface area (Å²) in [5.74, 6) is -0.202. The van der Waals surface area contributed by atoms with Crippen molar-refractivity contribution < 1.29 is 24.2 Å². The lowest BCUT2D eigenvalue weighted by Crippen LogP contribution is -2.32. The average Bonchev–Trinajstić information content (AvgIpc) is 2.41. The quantitative estimate of drug-likeness (QED) is 0.548. The van der Waals surface area contributed by atoms with Gasteiger partial charge in [-0.05, 0) is 31.2 Å². The van der Waals surface area contributed by atoms with E-state index in [1.807, 2.05) is 6.92 Å². The zero-order chi connectivity index (χ0) is 15.0. The van der Waals surface area contributed by atoms with Crippen LogP contribution in [-0.2, 0) is 9.59 Å². The summed E-state index contributed by atoms with van der Waals surface area (Å²) in [6.45, 7) is 2.45. The number of rotatable bonds is 8. The van der Waals surface area contributed by atoms with Crippen LogP contribution in [0, 0.1) is 0 Å². The molecule has 7 heteroatoms. The number of nitrogens with two attached hydrogens (primary N) is 1. The van der Waals surface area contributed by atoms with Gasteiger partial charge < -0.3 is 20.3 Å². The molecule has 3 N–H and O–H groups in total. The number of carbonyl (C=O) groups is 2. The SMILES string of the molecule is CCOc1ccc(OC(=O)CSC[C@@H](N)C(=O)O)cc1. The molecule has 0 aliphatic heterocycles. The topological polar surface area (TPSA) is 98.9 Å². The first-order valence-corrected chi connectivity index (χ1v) is 7.18. The molecule has 1 rings (SSSR count). The fourth-order valence-electron chi connectivity index (χ4n) is 1.27. The third-order valence-corrected chi connectivity index (χ3v) is 3.24. The van der Waals surface area contributed by atoms with Gasteiger partial charge in [0.1, 0.15) is 17.5 Å². The average molecular weight is 299 g/mol. The van der Waals surface area contributed by atoms with E-state index in [1.54, 1.807) is 24.3 Å². The van der Waals surface area contributed by atoms with Crippen LogP contribution in [0.5, 0.6) is 11.5 Å². The zero-order valence-electron chi connectivity index (χ0n) is 11.1. The van der Waals surface area contributed by atoms with E-state index in [2.05, 4.69) is 0 Å².